The molecule has 0 radical (unpaired) electrons. The van der Waals surface area contributed by atoms with E-state index >= 15 is 0 Å². The van der Waals surface area contributed by atoms with Crippen molar-refractivity contribution < 1.29 is 23.8 Å². The zero-order valence-corrected chi connectivity index (χ0v) is 14.5. The number of esters is 1. The van der Waals surface area contributed by atoms with Crippen molar-refractivity contribution in [2.75, 3.05) is 14.2 Å². The van der Waals surface area contributed by atoms with Crippen molar-refractivity contribution in [3.8, 4) is 17.2 Å². The van der Waals surface area contributed by atoms with Crippen LogP contribution >= 0.6 is 15.9 Å². The van der Waals surface area contributed by atoms with Gasteiger partial charge in [0.1, 0.15) is 5.75 Å². The van der Waals surface area contributed by atoms with E-state index in [1.807, 2.05) is 0 Å². The Morgan fingerprint density at radius 1 is 0.913 bits per heavy atom. The van der Waals surface area contributed by atoms with E-state index in [4.69, 9.17) is 14.2 Å². The van der Waals surface area contributed by atoms with Gasteiger partial charge in [-0.3, -0.25) is 9.59 Å². The van der Waals surface area contributed by atoms with Crippen LogP contribution in [0.25, 0.3) is 0 Å². The first kappa shape index (κ1) is 17.0. The van der Waals surface area contributed by atoms with E-state index in [9.17, 15) is 9.59 Å². The van der Waals surface area contributed by atoms with E-state index < -0.39 is 5.97 Å². The second-order valence-corrected chi connectivity index (χ2v) is 5.55. The molecular weight excluding hydrogens is 364 g/mol. The van der Waals surface area contributed by atoms with Crippen LogP contribution in [0, 0.1) is 0 Å². The second-order valence-electron chi connectivity index (χ2n) is 4.63. The van der Waals surface area contributed by atoms with E-state index in [2.05, 4.69) is 15.9 Å². The molecule has 23 heavy (non-hydrogen) atoms. The number of methoxy groups -OCH3 is 2. The van der Waals surface area contributed by atoms with Crippen LogP contribution in [0.4, 0.5) is 0 Å². The van der Waals surface area contributed by atoms with Gasteiger partial charge in [0.15, 0.2) is 17.3 Å². The third-order valence-electron chi connectivity index (χ3n) is 3.09. The highest BCUT2D eigenvalue weighted by atomic mass is 79.9. The summed E-state index contributed by atoms with van der Waals surface area (Å²) in [5, 5.41) is 0. The van der Waals surface area contributed by atoms with Crippen molar-refractivity contribution >= 4 is 27.7 Å². The van der Waals surface area contributed by atoms with E-state index in [1.54, 1.807) is 24.3 Å². The predicted octanol–water partition coefficient (Wildman–Crippen LogP) is 3.62. The summed E-state index contributed by atoms with van der Waals surface area (Å²) in [6.45, 7) is 1.27. The molecule has 0 N–H and O–H groups in total. The molecular formula is C17H15BrO5. The minimum Gasteiger partial charge on any atom is -0.493 e. The first-order valence-electron chi connectivity index (χ1n) is 6.71. The van der Waals surface area contributed by atoms with Crippen LogP contribution in [-0.2, 0) is 4.79 Å². The molecule has 2 aromatic rings. The van der Waals surface area contributed by atoms with Gasteiger partial charge in [-0.1, -0.05) is 15.9 Å². The highest BCUT2D eigenvalue weighted by Crippen LogP contribution is 2.36. The number of hydrogen-bond donors (Lipinski definition) is 0. The van der Waals surface area contributed by atoms with Gasteiger partial charge < -0.3 is 14.2 Å². The standard InChI is InChI=1S/C17H15BrO5/c1-10(19)23-14-9-16(22-3)15(21-2)8-13(14)17(20)11-4-6-12(18)7-5-11/h4-9H,1-3H3. The molecule has 5 nitrogen and oxygen atoms in total. The molecule has 0 amide bonds. The zero-order chi connectivity index (χ0) is 17.0. The van der Waals surface area contributed by atoms with Crippen molar-refractivity contribution in [3.63, 3.8) is 0 Å². The molecule has 0 unspecified atom stereocenters. The van der Waals surface area contributed by atoms with Gasteiger partial charge in [0.2, 0.25) is 0 Å². The highest BCUT2D eigenvalue weighted by Gasteiger charge is 2.20. The Morgan fingerprint density at radius 3 is 2.00 bits per heavy atom. The molecule has 0 spiro atoms. The lowest BCUT2D eigenvalue weighted by molar-refractivity contribution is -0.131. The molecule has 2 rings (SSSR count). The van der Waals surface area contributed by atoms with Gasteiger partial charge in [-0.25, -0.2) is 0 Å². The van der Waals surface area contributed by atoms with Crippen LogP contribution in [0.3, 0.4) is 0 Å². The molecule has 0 saturated carbocycles. The van der Waals surface area contributed by atoms with E-state index in [0.717, 1.165) is 4.47 Å². The Balaban J connectivity index is 2.55. The number of hydrogen-bond acceptors (Lipinski definition) is 5. The zero-order valence-electron chi connectivity index (χ0n) is 12.9. The molecule has 0 aliphatic rings. The summed E-state index contributed by atoms with van der Waals surface area (Å²) in [6, 6.07) is 9.86. The summed E-state index contributed by atoms with van der Waals surface area (Å²) >= 11 is 3.32. The minimum atomic E-state index is -0.526. The topological polar surface area (TPSA) is 61.8 Å². The van der Waals surface area contributed by atoms with Crippen LogP contribution in [-0.4, -0.2) is 26.0 Å². The minimum absolute atomic E-state index is 0.128. The first-order valence-corrected chi connectivity index (χ1v) is 7.50. The average Bonchev–Trinajstić information content (AvgIpc) is 2.54. The van der Waals surface area contributed by atoms with Gasteiger partial charge in [-0.15, -0.1) is 0 Å². The Kier molecular flexibility index (Phi) is 5.39. The smallest absolute Gasteiger partial charge is 0.308 e. The van der Waals surface area contributed by atoms with Crippen LogP contribution in [0.5, 0.6) is 17.2 Å². The van der Waals surface area contributed by atoms with Crippen LogP contribution < -0.4 is 14.2 Å². The fraction of sp³-hybridized carbons (Fsp3) is 0.176. The highest BCUT2D eigenvalue weighted by molar-refractivity contribution is 9.10. The summed E-state index contributed by atoms with van der Waals surface area (Å²) < 4.78 is 16.4. The lowest BCUT2D eigenvalue weighted by atomic mass is 10.0. The largest absolute Gasteiger partial charge is 0.493 e. The van der Waals surface area contributed by atoms with Gasteiger partial charge in [0.25, 0.3) is 0 Å². The lowest BCUT2D eigenvalue weighted by Crippen LogP contribution is -2.09. The average molecular weight is 379 g/mol. The normalized spacial score (nSPS) is 10.1. The number of carbonyl (C=O) groups excluding carboxylic acids is 2. The van der Waals surface area contributed by atoms with E-state index in [-0.39, 0.29) is 17.1 Å². The number of rotatable bonds is 5. The summed E-state index contributed by atoms with van der Waals surface area (Å²) in [5.41, 5.74) is 0.689. The third-order valence-corrected chi connectivity index (χ3v) is 3.62. The fourth-order valence-electron chi connectivity index (χ4n) is 2.03. The van der Waals surface area contributed by atoms with Crippen molar-refractivity contribution in [3.05, 3.63) is 52.0 Å². The Hall–Kier alpha value is -2.34. The summed E-state index contributed by atoms with van der Waals surface area (Å²) in [7, 11) is 2.93. The monoisotopic (exact) mass is 378 g/mol. The Labute approximate surface area is 142 Å². The van der Waals surface area contributed by atoms with Gasteiger partial charge in [-0.05, 0) is 30.3 Å². The van der Waals surface area contributed by atoms with Crippen LogP contribution in [0.2, 0.25) is 0 Å². The van der Waals surface area contributed by atoms with Gasteiger partial charge in [-0.2, -0.15) is 0 Å². The molecule has 6 heteroatoms. The fourth-order valence-corrected chi connectivity index (χ4v) is 2.30. The molecule has 0 fully saturated rings. The molecule has 0 heterocycles. The summed E-state index contributed by atoms with van der Waals surface area (Å²) in [4.78, 5) is 24.0. The van der Waals surface area contributed by atoms with Gasteiger partial charge in [0, 0.05) is 23.0 Å². The predicted molar refractivity (Wildman–Crippen MR) is 88.4 cm³/mol. The SMILES string of the molecule is COc1cc(OC(C)=O)c(C(=O)c2ccc(Br)cc2)cc1OC. The molecule has 2 aromatic carbocycles. The second kappa shape index (κ2) is 7.28. The number of benzene rings is 2. The summed E-state index contributed by atoms with van der Waals surface area (Å²) in [6.07, 6.45) is 0. The van der Waals surface area contributed by atoms with Crippen molar-refractivity contribution in [1.82, 2.24) is 0 Å². The maximum atomic E-state index is 12.7. The number of carbonyl (C=O) groups is 2. The number of ketones is 1. The van der Waals surface area contributed by atoms with E-state index in [0.29, 0.717) is 17.1 Å². The molecule has 0 aromatic heterocycles. The van der Waals surface area contributed by atoms with Crippen LogP contribution in [0.1, 0.15) is 22.8 Å². The Morgan fingerprint density at radius 2 is 1.48 bits per heavy atom. The van der Waals surface area contributed by atoms with Crippen molar-refractivity contribution in [2.45, 2.75) is 6.92 Å². The van der Waals surface area contributed by atoms with E-state index in [1.165, 1.54) is 33.3 Å². The lowest BCUT2D eigenvalue weighted by Gasteiger charge is -2.13. The summed E-state index contributed by atoms with van der Waals surface area (Å²) in [5.74, 6) is 0.0693. The number of halogens is 1. The van der Waals surface area contributed by atoms with Gasteiger partial charge >= 0.3 is 5.97 Å². The van der Waals surface area contributed by atoms with Crippen LogP contribution in [0.15, 0.2) is 40.9 Å². The molecule has 0 saturated heterocycles. The maximum absolute atomic E-state index is 12.7. The molecule has 120 valence electrons. The molecule has 0 aliphatic heterocycles. The molecule has 0 aliphatic carbocycles. The first-order chi connectivity index (χ1) is 11.0. The Bertz CT molecular complexity index is 737. The van der Waals surface area contributed by atoms with Crippen molar-refractivity contribution in [2.24, 2.45) is 0 Å². The molecule has 0 bridgehead atoms. The van der Waals surface area contributed by atoms with Crippen molar-refractivity contribution in [1.29, 1.82) is 0 Å². The van der Waals surface area contributed by atoms with Gasteiger partial charge in [0.05, 0.1) is 19.8 Å². The quantitative estimate of drug-likeness (QED) is 0.451. The maximum Gasteiger partial charge on any atom is 0.308 e. The third kappa shape index (κ3) is 3.90. The number of ether oxygens (including phenoxy) is 3. The molecule has 0 atom stereocenters.